The molecule has 2 atom stereocenters. The topological polar surface area (TPSA) is 61.4 Å². The van der Waals surface area contributed by atoms with E-state index in [0.717, 1.165) is 0 Å². The molecule has 20 heavy (non-hydrogen) atoms. The summed E-state index contributed by atoms with van der Waals surface area (Å²) in [5, 5.41) is 13.5. The van der Waals surface area contributed by atoms with Crippen LogP contribution in [0.5, 0.6) is 5.75 Å². The molecule has 2 unspecified atom stereocenters. The third-order valence-electron chi connectivity index (χ3n) is 2.90. The Hall–Kier alpha value is -2.18. The summed E-state index contributed by atoms with van der Waals surface area (Å²) < 4.78 is 37.8. The zero-order chi connectivity index (χ0) is 14.8. The van der Waals surface area contributed by atoms with Gasteiger partial charge < -0.3 is 15.7 Å². The summed E-state index contributed by atoms with van der Waals surface area (Å²) in [5.41, 5.74) is 0.640. The van der Waals surface area contributed by atoms with E-state index in [-0.39, 0.29) is 12.2 Å². The zero-order valence-corrected chi connectivity index (χ0v) is 10.3. The van der Waals surface area contributed by atoms with Crippen LogP contribution >= 0.6 is 0 Å². The quantitative estimate of drug-likeness (QED) is 0.782. The van der Waals surface area contributed by atoms with Crippen molar-refractivity contribution in [3.63, 3.8) is 0 Å². The Labute approximate surface area is 113 Å². The maximum absolute atomic E-state index is 12.6. The molecule has 4 nitrogen and oxygen atoms in total. The molecule has 7 heteroatoms. The van der Waals surface area contributed by atoms with Gasteiger partial charge in [-0.25, -0.2) is 4.79 Å². The van der Waals surface area contributed by atoms with Gasteiger partial charge in [-0.1, -0.05) is 24.3 Å². The first-order valence-electron chi connectivity index (χ1n) is 5.95. The van der Waals surface area contributed by atoms with Crippen LogP contribution < -0.4 is 10.6 Å². The van der Waals surface area contributed by atoms with Crippen LogP contribution in [-0.2, 0) is 0 Å². The van der Waals surface area contributed by atoms with Crippen LogP contribution in [0.3, 0.4) is 0 Å². The van der Waals surface area contributed by atoms with Crippen molar-refractivity contribution in [3.05, 3.63) is 35.9 Å². The summed E-state index contributed by atoms with van der Waals surface area (Å²) >= 11 is 0. The van der Waals surface area contributed by atoms with Gasteiger partial charge in [0.15, 0.2) is 0 Å². The molecule has 1 saturated heterocycles. The molecule has 2 rings (SSSR count). The van der Waals surface area contributed by atoms with Gasteiger partial charge in [-0.2, -0.15) is 13.2 Å². The number of aromatic hydroxyl groups is 1. The summed E-state index contributed by atoms with van der Waals surface area (Å²) in [6.07, 6.45) is -1.70. The van der Waals surface area contributed by atoms with E-state index in [9.17, 15) is 23.1 Å². The first-order chi connectivity index (χ1) is 9.34. The number of hydrogen-bond acceptors (Lipinski definition) is 2. The number of halogens is 3. The summed E-state index contributed by atoms with van der Waals surface area (Å²) in [4.78, 5) is 11.2. The average molecular weight is 286 g/mol. The number of phenolic OH excluding ortho intramolecular Hbond substituents is 1. The van der Waals surface area contributed by atoms with Gasteiger partial charge in [0.25, 0.3) is 0 Å². The fourth-order valence-electron chi connectivity index (χ4n) is 1.94. The molecule has 3 N–H and O–H groups in total. The van der Waals surface area contributed by atoms with Crippen LogP contribution in [0.2, 0.25) is 0 Å². The minimum absolute atomic E-state index is 0.0645. The Bertz CT molecular complexity index is 529. The van der Waals surface area contributed by atoms with Crippen LogP contribution in [0.25, 0.3) is 6.08 Å². The predicted octanol–water partition coefficient (Wildman–Crippen LogP) is 2.41. The summed E-state index contributed by atoms with van der Waals surface area (Å²) in [6, 6.07) is 2.87. The van der Waals surface area contributed by atoms with Crippen LogP contribution in [-0.4, -0.2) is 29.4 Å². The molecular weight excluding hydrogens is 273 g/mol. The van der Waals surface area contributed by atoms with Crippen molar-refractivity contribution in [1.82, 2.24) is 10.6 Å². The Kier molecular flexibility index (Phi) is 3.87. The number of hydrogen-bond donors (Lipinski definition) is 3. The third kappa shape index (κ3) is 3.66. The fraction of sp³-hybridized carbons (Fsp3) is 0.308. The van der Waals surface area contributed by atoms with Crippen LogP contribution in [0.1, 0.15) is 12.0 Å². The molecule has 1 fully saturated rings. The van der Waals surface area contributed by atoms with Crippen LogP contribution in [0, 0.1) is 0 Å². The van der Waals surface area contributed by atoms with Crippen molar-refractivity contribution >= 4 is 12.1 Å². The van der Waals surface area contributed by atoms with E-state index in [1.807, 2.05) is 5.32 Å². The van der Waals surface area contributed by atoms with Crippen molar-refractivity contribution in [2.45, 2.75) is 24.7 Å². The second kappa shape index (κ2) is 5.44. The highest BCUT2D eigenvalue weighted by Crippen LogP contribution is 2.25. The second-order valence-electron chi connectivity index (χ2n) is 4.51. The summed E-state index contributed by atoms with van der Waals surface area (Å²) in [5.74, 6) is 0.0645. The third-order valence-corrected chi connectivity index (χ3v) is 2.90. The number of urea groups is 1. The van der Waals surface area contributed by atoms with E-state index >= 15 is 0 Å². The van der Waals surface area contributed by atoms with Gasteiger partial charge in [-0.05, 0) is 17.7 Å². The van der Waals surface area contributed by atoms with Crippen molar-refractivity contribution in [2.75, 3.05) is 0 Å². The maximum atomic E-state index is 12.6. The van der Waals surface area contributed by atoms with E-state index in [1.165, 1.54) is 18.2 Å². The van der Waals surface area contributed by atoms with E-state index in [0.29, 0.717) is 5.56 Å². The van der Waals surface area contributed by atoms with Gasteiger partial charge in [0.1, 0.15) is 11.8 Å². The normalized spacial score (nSPS) is 23.4. The molecule has 1 aromatic rings. The highest BCUT2D eigenvalue weighted by Gasteiger charge is 2.44. The van der Waals surface area contributed by atoms with Crippen molar-refractivity contribution in [3.8, 4) is 5.75 Å². The molecule has 0 radical (unpaired) electrons. The van der Waals surface area contributed by atoms with Crippen molar-refractivity contribution < 1.29 is 23.1 Å². The largest absolute Gasteiger partial charge is 0.508 e. The van der Waals surface area contributed by atoms with E-state index in [2.05, 4.69) is 5.32 Å². The van der Waals surface area contributed by atoms with E-state index < -0.39 is 24.3 Å². The average Bonchev–Trinajstić information content (AvgIpc) is 2.35. The molecular formula is C13H13F3N2O2. The first-order valence-corrected chi connectivity index (χ1v) is 5.95. The van der Waals surface area contributed by atoms with E-state index in [1.54, 1.807) is 18.2 Å². The highest BCUT2D eigenvalue weighted by atomic mass is 19.4. The molecule has 0 saturated carbocycles. The lowest BCUT2D eigenvalue weighted by Crippen LogP contribution is -2.58. The molecule has 1 aromatic carbocycles. The van der Waals surface area contributed by atoms with Crippen LogP contribution in [0.4, 0.5) is 18.0 Å². The lowest BCUT2D eigenvalue weighted by molar-refractivity contribution is -0.157. The number of carbonyl (C=O) groups is 1. The minimum Gasteiger partial charge on any atom is -0.508 e. The summed E-state index contributed by atoms with van der Waals surface area (Å²) in [7, 11) is 0. The Morgan fingerprint density at radius 1 is 1.30 bits per heavy atom. The minimum atomic E-state index is -4.46. The number of phenols is 1. The van der Waals surface area contributed by atoms with Crippen molar-refractivity contribution in [2.24, 2.45) is 0 Å². The number of carbonyl (C=O) groups excluding carboxylic acids is 1. The lowest BCUT2D eigenvalue weighted by atomic mass is 10.0. The number of rotatable bonds is 2. The number of alkyl halides is 3. The molecule has 0 spiro atoms. The first kappa shape index (κ1) is 14.2. The lowest BCUT2D eigenvalue weighted by Gasteiger charge is -2.30. The highest BCUT2D eigenvalue weighted by molar-refractivity contribution is 5.76. The fourth-order valence-corrected chi connectivity index (χ4v) is 1.94. The molecule has 0 aliphatic carbocycles. The molecule has 0 aromatic heterocycles. The maximum Gasteiger partial charge on any atom is 0.408 e. The van der Waals surface area contributed by atoms with Gasteiger partial charge in [0, 0.05) is 6.42 Å². The standard InChI is InChI=1S/C13H13F3N2O2/c14-13(15,16)11-7-9(17-12(20)18-11)5-4-8-2-1-3-10(19)6-8/h1-6,9,11,19H,7H2,(H2,17,18,20)/b5-4+. The molecule has 1 heterocycles. The Morgan fingerprint density at radius 3 is 2.70 bits per heavy atom. The zero-order valence-electron chi connectivity index (χ0n) is 10.3. The van der Waals surface area contributed by atoms with Crippen LogP contribution in [0.15, 0.2) is 30.3 Å². The number of nitrogens with one attached hydrogen (secondary N) is 2. The molecule has 108 valence electrons. The Morgan fingerprint density at radius 2 is 2.05 bits per heavy atom. The van der Waals surface area contributed by atoms with Gasteiger partial charge >= 0.3 is 12.2 Å². The molecule has 1 aliphatic heterocycles. The van der Waals surface area contributed by atoms with Gasteiger partial charge in [-0.15, -0.1) is 0 Å². The van der Waals surface area contributed by atoms with Gasteiger partial charge in [0.05, 0.1) is 6.04 Å². The molecule has 0 bridgehead atoms. The SMILES string of the molecule is O=C1NC(/C=C/c2cccc(O)c2)CC(C(F)(F)F)N1. The smallest absolute Gasteiger partial charge is 0.408 e. The molecule has 1 aliphatic rings. The summed E-state index contributed by atoms with van der Waals surface area (Å²) in [6.45, 7) is 0. The van der Waals surface area contributed by atoms with Crippen molar-refractivity contribution in [1.29, 1.82) is 0 Å². The van der Waals surface area contributed by atoms with E-state index in [4.69, 9.17) is 0 Å². The number of amides is 2. The molecule has 2 amide bonds. The number of benzene rings is 1. The predicted molar refractivity (Wildman–Crippen MR) is 67.1 cm³/mol. The second-order valence-corrected chi connectivity index (χ2v) is 4.51. The monoisotopic (exact) mass is 286 g/mol. The Balaban J connectivity index is 2.07. The van der Waals surface area contributed by atoms with Gasteiger partial charge in [0.2, 0.25) is 0 Å². The van der Waals surface area contributed by atoms with Gasteiger partial charge in [-0.3, -0.25) is 0 Å².